The van der Waals surface area contributed by atoms with Crippen molar-refractivity contribution in [2.45, 2.75) is 45.8 Å². The maximum Gasteiger partial charge on any atom is 0.154 e. The third kappa shape index (κ3) is 3.85. The molecule has 1 N–H and O–H groups in total. The molecule has 0 radical (unpaired) electrons. The molecule has 0 heterocycles. The molecule has 0 aliphatic rings. The van der Waals surface area contributed by atoms with E-state index in [9.17, 15) is 5.11 Å². The Morgan fingerprint density at radius 2 is 1.57 bits per heavy atom. The first-order valence-corrected chi connectivity index (χ1v) is 11.2. The van der Waals surface area contributed by atoms with E-state index in [2.05, 4.69) is 81.9 Å². The van der Waals surface area contributed by atoms with E-state index in [0.29, 0.717) is 5.75 Å². The number of para-hydroxylation sites is 1. The van der Waals surface area contributed by atoms with Gasteiger partial charge in [0.05, 0.1) is 0 Å². The van der Waals surface area contributed by atoms with Crippen LogP contribution in [0.4, 0.5) is 0 Å². The van der Waals surface area contributed by atoms with Crippen LogP contribution in [0.1, 0.15) is 31.9 Å². The molecule has 0 amide bonds. The molecule has 2 aromatic rings. The zero-order valence-corrected chi connectivity index (χ0v) is 16.2. The quantitative estimate of drug-likeness (QED) is 0.849. The first kappa shape index (κ1) is 17.8. The van der Waals surface area contributed by atoms with Crippen molar-refractivity contribution in [3.05, 3.63) is 59.7 Å². The minimum Gasteiger partial charge on any atom is -0.507 e. The van der Waals surface area contributed by atoms with Crippen molar-refractivity contribution in [2.24, 2.45) is 0 Å². The van der Waals surface area contributed by atoms with Crippen LogP contribution in [0.15, 0.2) is 48.5 Å². The summed E-state index contributed by atoms with van der Waals surface area (Å²) in [6, 6.07) is 16.8. The predicted octanol–water partition coefficient (Wildman–Crippen LogP) is 4.23. The summed E-state index contributed by atoms with van der Waals surface area (Å²) in [6.07, 6.45) is 0. The van der Waals surface area contributed by atoms with E-state index in [1.165, 1.54) is 5.19 Å². The number of aromatic hydroxyl groups is 1. The van der Waals surface area contributed by atoms with Gasteiger partial charge in [0.25, 0.3) is 0 Å². The smallest absolute Gasteiger partial charge is 0.154 e. The lowest BCUT2D eigenvalue weighted by Crippen LogP contribution is -2.55. The second kappa shape index (κ2) is 6.50. The second-order valence-corrected chi connectivity index (χ2v) is 12.3. The number of hydrogen-bond acceptors (Lipinski definition) is 2. The summed E-state index contributed by atoms with van der Waals surface area (Å²) in [5.74, 6) is 0.449. The molecule has 0 aromatic heterocycles. The number of benzene rings is 2. The van der Waals surface area contributed by atoms with Gasteiger partial charge in [0.2, 0.25) is 0 Å². The van der Waals surface area contributed by atoms with Crippen LogP contribution in [0.2, 0.25) is 13.1 Å². The number of phenols is 1. The molecule has 0 saturated heterocycles. The minimum absolute atomic E-state index is 0.0506. The van der Waals surface area contributed by atoms with Crippen molar-refractivity contribution >= 4 is 13.4 Å². The molecule has 2 rings (SSSR count). The molecule has 2 aromatic carbocycles. The van der Waals surface area contributed by atoms with E-state index in [-0.39, 0.29) is 5.41 Å². The molecule has 23 heavy (non-hydrogen) atoms. The molecule has 0 unspecified atom stereocenters. The van der Waals surface area contributed by atoms with Gasteiger partial charge in [-0.1, -0.05) is 82.4 Å². The zero-order chi connectivity index (χ0) is 17.3. The summed E-state index contributed by atoms with van der Waals surface area (Å²) in [5, 5.41) is 12.1. The van der Waals surface area contributed by atoms with E-state index in [1.807, 2.05) is 12.1 Å². The first-order valence-electron chi connectivity index (χ1n) is 8.22. The van der Waals surface area contributed by atoms with Crippen LogP contribution in [0.5, 0.6) is 5.75 Å². The molecule has 0 aliphatic carbocycles. The normalized spacial score (nSPS) is 12.7. The highest BCUT2D eigenvalue weighted by Crippen LogP contribution is 2.33. The summed E-state index contributed by atoms with van der Waals surface area (Å²) in [5.41, 5.74) is 1.98. The van der Waals surface area contributed by atoms with Crippen LogP contribution < -0.4 is 5.19 Å². The Balaban J connectivity index is 2.29. The van der Waals surface area contributed by atoms with E-state index >= 15 is 0 Å². The highest BCUT2D eigenvalue weighted by Gasteiger charge is 2.30. The topological polar surface area (TPSA) is 23.5 Å². The lowest BCUT2D eigenvalue weighted by Gasteiger charge is -2.34. The van der Waals surface area contributed by atoms with Crippen LogP contribution in [0.3, 0.4) is 0 Å². The van der Waals surface area contributed by atoms with Crippen molar-refractivity contribution in [2.75, 3.05) is 7.05 Å². The standard InChI is InChI=1S/C20H29NOSi/c1-20(2,3)18-14-10-11-16(19(18)22)15-21(4)23(5,6)17-12-8-7-9-13-17/h7-14,22H,15H2,1-6H3. The molecule has 124 valence electrons. The Hall–Kier alpha value is -1.58. The molecule has 0 fully saturated rings. The molecule has 0 spiro atoms. The lowest BCUT2D eigenvalue weighted by molar-refractivity contribution is 0.424. The predicted molar refractivity (Wildman–Crippen MR) is 102 cm³/mol. The van der Waals surface area contributed by atoms with Crippen LogP contribution in [-0.4, -0.2) is 25.0 Å². The van der Waals surface area contributed by atoms with Crippen LogP contribution in [0.25, 0.3) is 0 Å². The van der Waals surface area contributed by atoms with E-state index in [1.54, 1.807) is 0 Å². The average molecular weight is 328 g/mol. The maximum absolute atomic E-state index is 10.7. The van der Waals surface area contributed by atoms with Crippen molar-refractivity contribution in [3.63, 3.8) is 0 Å². The minimum atomic E-state index is -1.73. The molecule has 0 saturated carbocycles. The van der Waals surface area contributed by atoms with E-state index in [0.717, 1.165) is 17.7 Å². The molecule has 3 heteroatoms. The molecule has 2 nitrogen and oxygen atoms in total. The number of rotatable bonds is 4. The summed E-state index contributed by atoms with van der Waals surface area (Å²) in [7, 11) is 0.439. The zero-order valence-electron chi connectivity index (χ0n) is 15.2. The van der Waals surface area contributed by atoms with Crippen LogP contribution in [0, 0.1) is 0 Å². The van der Waals surface area contributed by atoms with Gasteiger partial charge in [0.1, 0.15) is 5.75 Å². The van der Waals surface area contributed by atoms with Crippen LogP contribution >= 0.6 is 0 Å². The fraction of sp³-hybridized carbons (Fsp3) is 0.400. The SMILES string of the molecule is CN(Cc1cccc(C(C)(C)C)c1O)[Si](C)(C)c1ccccc1. The number of phenolic OH excluding ortho intramolecular Hbond substituents is 1. The van der Waals surface area contributed by atoms with Crippen molar-refractivity contribution in [3.8, 4) is 5.75 Å². The summed E-state index contributed by atoms with van der Waals surface area (Å²) < 4.78 is 2.42. The molecule has 0 aliphatic heterocycles. The van der Waals surface area contributed by atoms with E-state index in [4.69, 9.17) is 0 Å². The van der Waals surface area contributed by atoms with Gasteiger partial charge in [0, 0.05) is 12.1 Å². The van der Waals surface area contributed by atoms with Gasteiger partial charge in [-0.3, -0.25) is 0 Å². The molecule has 0 atom stereocenters. The third-order valence-corrected chi connectivity index (χ3v) is 8.58. The summed E-state index contributed by atoms with van der Waals surface area (Å²) in [6.45, 7) is 11.9. The fourth-order valence-corrected chi connectivity index (χ4v) is 4.86. The highest BCUT2D eigenvalue weighted by molar-refractivity contribution is 6.87. The third-order valence-electron chi connectivity index (χ3n) is 4.77. The van der Waals surface area contributed by atoms with Crippen molar-refractivity contribution < 1.29 is 5.11 Å². The van der Waals surface area contributed by atoms with E-state index < -0.39 is 8.24 Å². The summed E-state index contributed by atoms with van der Waals surface area (Å²) >= 11 is 0. The Bertz CT molecular complexity index is 659. The highest BCUT2D eigenvalue weighted by atomic mass is 28.3. The van der Waals surface area contributed by atoms with Gasteiger partial charge in [-0.05, 0) is 23.2 Å². The van der Waals surface area contributed by atoms with Gasteiger partial charge in [-0.15, -0.1) is 0 Å². The van der Waals surface area contributed by atoms with Crippen molar-refractivity contribution in [1.29, 1.82) is 0 Å². The largest absolute Gasteiger partial charge is 0.507 e. The molecule has 0 bridgehead atoms. The number of nitrogens with zero attached hydrogens (tertiary/aromatic N) is 1. The Morgan fingerprint density at radius 3 is 2.13 bits per heavy atom. The monoisotopic (exact) mass is 327 g/mol. The van der Waals surface area contributed by atoms with Gasteiger partial charge in [-0.25, -0.2) is 0 Å². The molecular weight excluding hydrogens is 298 g/mol. The lowest BCUT2D eigenvalue weighted by atomic mass is 9.85. The van der Waals surface area contributed by atoms with Gasteiger partial charge in [-0.2, -0.15) is 0 Å². The second-order valence-electron chi connectivity index (χ2n) is 7.84. The Labute approximate surface area is 141 Å². The first-order chi connectivity index (χ1) is 10.6. The molecular formula is C20H29NOSi. The van der Waals surface area contributed by atoms with Gasteiger partial charge >= 0.3 is 0 Å². The Morgan fingerprint density at radius 1 is 0.957 bits per heavy atom. The van der Waals surface area contributed by atoms with Gasteiger partial charge < -0.3 is 9.67 Å². The fourth-order valence-electron chi connectivity index (χ4n) is 2.84. The van der Waals surface area contributed by atoms with Crippen LogP contribution in [-0.2, 0) is 12.0 Å². The van der Waals surface area contributed by atoms with Gasteiger partial charge in [0.15, 0.2) is 8.24 Å². The number of hydrogen-bond donors (Lipinski definition) is 1. The average Bonchev–Trinajstić information content (AvgIpc) is 2.49. The maximum atomic E-state index is 10.7. The Kier molecular flexibility index (Phi) is 5.02. The van der Waals surface area contributed by atoms with Crippen molar-refractivity contribution in [1.82, 2.24) is 4.57 Å². The summed E-state index contributed by atoms with van der Waals surface area (Å²) in [4.78, 5) is 0.